The van der Waals surface area contributed by atoms with E-state index in [9.17, 15) is 8.42 Å². The van der Waals surface area contributed by atoms with Crippen molar-refractivity contribution in [3.63, 3.8) is 0 Å². The molecule has 3 nitrogen and oxygen atoms in total. The minimum absolute atomic E-state index is 0.00307. The van der Waals surface area contributed by atoms with Gasteiger partial charge in [-0.3, -0.25) is 0 Å². The number of benzene rings is 2. The molecule has 0 saturated heterocycles. The number of halogens is 8. The van der Waals surface area contributed by atoms with Crippen molar-refractivity contribution >= 4 is 9.84 Å². The molecule has 0 aliphatic carbocycles. The van der Waals surface area contributed by atoms with Gasteiger partial charge in [-0.15, -0.1) is 0 Å². The molecule has 1 unspecified atom stereocenters. The van der Waals surface area contributed by atoms with Gasteiger partial charge in [0.15, 0.2) is 46.5 Å². The molecule has 2 aromatic rings. The van der Waals surface area contributed by atoms with E-state index in [0.717, 1.165) is 7.11 Å². The van der Waals surface area contributed by atoms with E-state index in [-0.39, 0.29) is 25.7 Å². The van der Waals surface area contributed by atoms with E-state index in [2.05, 4.69) is 0 Å². The second kappa shape index (κ2) is 10.9. The summed E-state index contributed by atoms with van der Waals surface area (Å²) < 4.78 is 152. The van der Waals surface area contributed by atoms with Crippen LogP contribution < -0.4 is 0 Å². The Morgan fingerprint density at radius 3 is 1.24 bits per heavy atom. The molecular weight excluding hydrogens is 532 g/mol. The number of rotatable bonds is 10. The Labute approximate surface area is 210 Å². The van der Waals surface area contributed by atoms with Gasteiger partial charge in [0.2, 0.25) is 9.84 Å². The number of ether oxygens (including phenoxy) is 1. The van der Waals surface area contributed by atoms with Crippen molar-refractivity contribution in [3.8, 4) is 0 Å². The van der Waals surface area contributed by atoms with Crippen LogP contribution in [0.1, 0.15) is 77.8 Å². The first-order chi connectivity index (χ1) is 17.1. The summed E-state index contributed by atoms with van der Waals surface area (Å²) in [4.78, 5) is -4.84. The number of methoxy groups -OCH3 is 1. The van der Waals surface area contributed by atoms with E-state index in [1.165, 1.54) is 27.7 Å². The van der Waals surface area contributed by atoms with E-state index < -0.39 is 88.3 Å². The largest absolute Gasteiger partial charge is 0.373 e. The molecule has 1 atom stereocenters. The predicted molar refractivity (Wildman–Crippen MR) is 120 cm³/mol. The van der Waals surface area contributed by atoms with Crippen LogP contribution in [0, 0.1) is 46.5 Å². The number of hydrogen-bond acceptors (Lipinski definition) is 3. The quantitative estimate of drug-likeness (QED) is 0.220. The third-order valence-corrected chi connectivity index (χ3v) is 8.95. The summed E-state index contributed by atoms with van der Waals surface area (Å²) in [7, 11) is -5.21. The van der Waals surface area contributed by atoms with Crippen molar-refractivity contribution in [1.29, 1.82) is 0 Å². The summed E-state index contributed by atoms with van der Waals surface area (Å²) in [6, 6.07) is 0. The molecule has 0 fully saturated rings. The second-order valence-electron chi connectivity index (χ2n) is 8.99. The summed E-state index contributed by atoms with van der Waals surface area (Å²) in [6.07, 6.45) is -0.00931. The molecule has 0 bridgehead atoms. The molecule has 0 aromatic heterocycles. The van der Waals surface area contributed by atoms with E-state index in [4.69, 9.17) is 4.74 Å². The minimum Gasteiger partial charge on any atom is -0.373 e. The smallest absolute Gasteiger partial charge is 0.218 e. The first-order valence-electron chi connectivity index (χ1n) is 11.6. The van der Waals surface area contributed by atoms with E-state index in [1.54, 1.807) is 6.92 Å². The average molecular weight is 561 g/mol. The van der Waals surface area contributed by atoms with Gasteiger partial charge in [0.05, 0.1) is 11.2 Å². The van der Waals surface area contributed by atoms with Gasteiger partial charge in [-0.2, -0.15) is 0 Å². The zero-order valence-electron chi connectivity index (χ0n) is 21.2. The first-order valence-corrected chi connectivity index (χ1v) is 13.1. The maximum Gasteiger partial charge on any atom is 0.218 e. The monoisotopic (exact) mass is 560 g/mol. The zero-order chi connectivity index (χ0) is 28.7. The van der Waals surface area contributed by atoms with Gasteiger partial charge < -0.3 is 4.74 Å². The molecule has 0 radical (unpaired) electrons. The molecule has 0 aliphatic heterocycles. The normalized spacial score (nSPS) is 14.2. The molecule has 0 aliphatic rings. The highest BCUT2D eigenvalue weighted by atomic mass is 32.2. The Balaban J connectivity index is 3.01. The Morgan fingerprint density at radius 1 is 0.622 bits per heavy atom. The van der Waals surface area contributed by atoms with Crippen LogP contribution in [-0.4, -0.2) is 15.5 Å². The Morgan fingerprint density at radius 2 is 0.973 bits per heavy atom. The maximum atomic E-state index is 15.1. The topological polar surface area (TPSA) is 43.4 Å². The van der Waals surface area contributed by atoms with Gasteiger partial charge in [0, 0.05) is 12.7 Å². The zero-order valence-corrected chi connectivity index (χ0v) is 22.0. The Kier molecular flexibility index (Phi) is 9.12. The molecule has 0 N–H and O–H groups in total. The van der Waals surface area contributed by atoms with Gasteiger partial charge in [-0.25, -0.2) is 43.5 Å². The summed E-state index contributed by atoms with van der Waals surface area (Å²) in [5.41, 5.74) is -5.75. The fraction of sp³-hybridized carbons (Fsp3) is 0.520. The molecular formula is C25H28F8O3S. The van der Waals surface area contributed by atoms with Gasteiger partial charge in [-0.05, 0) is 31.1 Å². The lowest BCUT2D eigenvalue weighted by Crippen LogP contribution is -2.31. The minimum atomic E-state index is -6.22. The number of sulfone groups is 1. The van der Waals surface area contributed by atoms with Crippen LogP contribution in [0.2, 0.25) is 0 Å². The first kappa shape index (κ1) is 31.0. The summed E-state index contributed by atoms with van der Waals surface area (Å²) in [5.74, 6) is -18.6. The van der Waals surface area contributed by atoms with Crippen LogP contribution in [0.25, 0.3) is 0 Å². The maximum absolute atomic E-state index is 15.1. The lowest BCUT2D eigenvalue weighted by molar-refractivity contribution is -0.0286. The molecule has 0 saturated carbocycles. The van der Waals surface area contributed by atoms with Gasteiger partial charge in [0.1, 0.15) is 9.79 Å². The molecule has 0 amide bonds. The average Bonchev–Trinajstić information content (AvgIpc) is 2.84. The van der Waals surface area contributed by atoms with Crippen molar-refractivity contribution < 1.29 is 48.3 Å². The molecule has 12 heteroatoms. The Hall–Kier alpha value is -2.21. The summed E-state index contributed by atoms with van der Waals surface area (Å²) in [5, 5.41) is 0. The van der Waals surface area contributed by atoms with Crippen LogP contribution in [-0.2, 0) is 25.6 Å². The molecule has 37 heavy (non-hydrogen) atoms. The van der Waals surface area contributed by atoms with Gasteiger partial charge in [-0.1, -0.05) is 41.0 Å². The Bertz CT molecular complexity index is 1240. The third kappa shape index (κ3) is 4.64. The lowest BCUT2D eigenvalue weighted by atomic mass is 9.76. The van der Waals surface area contributed by atoms with Crippen molar-refractivity contribution in [2.45, 2.75) is 87.5 Å². The van der Waals surface area contributed by atoms with E-state index >= 15 is 35.1 Å². The predicted octanol–water partition coefficient (Wildman–Crippen LogP) is 7.76. The summed E-state index contributed by atoms with van der Waals surface area (Å²) >= 11 is 0. The van der Waals surface area contributed by atoms with E-state index in [1.807, 2.05) is 0 Å². The van der Waals surface area contributed by atoms with Crippen LogP contribution in [0.5, 0.6) is 0 Å². The van der Waals surface area contributed by atoms with E-state index in [0.29, 0.717) is 6.42 Å². The van der Waals surface area contributed by atoms with Crippen LogP contribution in [0.3, 0.4) is 0 Å². The highest BCUT2D eigenvalue weighted by Gasteiger charge is 2.45. The van der Waals surface area contributed by atoms with Crippen molar-refractivity contribution in [3.05, 3.63) is 57.7 Å². The van der Waals surface area contributed by atoms with Gasteiger partial charge >= 0.3 is 0 Å². The standard InChI is InChI=1S/C25H28F8O3S/c1-7-11-24(5,8-2)12-14(26)18(30)22(19(31)15(12)27)37(34,35)23-20(32)16(28)13(17(29)21(23)33)25(9-3,10-4)36-6/h7-11H2,1-6H3. The fourth-order valence-electron chi connectivity index (χ4n) is 4.75. The third-order valence-electron chi connectivity index (χ3n) is 7.16. The number of hydrogen-bond donors (Lipinski definition) is 0. The van der Waals surface area contributed by atoms with Crippen molar-refractivity contribution in [2.75, 3.05) is 7.11 Å². The van der Waals surface area contributed by atoms with Crippen LogP contribution >= 0.6 is 0 Å². The highest BCUT2D eigenvalue weighted by Crippen LogP contribution is 2.44. The fourth-order valence-corrected chi connectivity index (χ4v) is 6.26. The second-order valence-corrected chi connectivity index (χ2v) is 10.8. The molecule has 2 rings (SSSR count). The van der Waals surface area contributed by atoms with Crippen LogP contribution in [0.4, 0.5) is 35.1 Å². The summed E-state index contributed by atoms with van der Waals surface area (Å²) in [6.45, 7) is 7.19. The molecule has 2 aromatic carbocycles. The molecule has 0 spiro atoms. The van der Waals surface area contributed by atoms with Crippen LogP contribution in [0.15, 0.2) is 9.79 Å². The van der Waals surface area contributed by atoms with Crippen molar-refractivity contribution in [2.24, 2.45) is 0 Å². The molecule has 208 valence electrons. The lowest BCUT2D eigenvalue weighted by Gasteiger charge is -2.32. The van der Waals surface area contributed by atoms with Crippen molar-refractivity contribution in [1.82, 2.24) is 0 Å². The SMILES string of the molecule is CCCC(C)(CC)c1c(F)c(F)c(S(=O)(=O)c2c(F)c(F)c(C(CC)(CC)OC)c(F)c2F)c(F)c1F. The molecule has 0 heterocycles. The van der Waals surface area contributed by atoms with Gasteiger partial charge in [0.25, 0.3) is 0 Å². The highest BCUT2D eigenvalue weighted by molar-refractivity contribution is 7.91.